The van der Waals surface area contributed by atoms with Crippen LogP contribution in [0.4, 0.5) is 0 Å². The Hall–Kier alpha value is -1.02. The number of hydrogen-bond acceptors (Lipinski definition) is 6. The van der Waals surface area contributed by atoms with E-state index in [1.807, 2.05) is 0 Å². The van der Waals surface area contributed by atoms with Gasteiger partial charge < -0.3 is 14.0 Å². The zero-order valence-electron chi connectivity index (χ0n) is 14.7. The number of sulfonamides is 1. The summed E-state index contributed by atoms with van der Waals surface area (Å²) in [6.07, 6.45) is 3.18. The van der Waals surface area contributed by atoms with Crippen molar-refractivity contribution in [3.8, 4) is 0 Å². The van der Waals surface area contributed by atoms with Crippen molar-refractivity contribution >= 4 is 30.5 Å². The molecular weight excluding hydrogens is 355 g/mol. The van der Waals surface area contributed by atoms with Crippen LogP contribution in [-0.2, 0) is 29.1 Å². The highest BCUT2D eigenvalue weighted by Crippen LogP contribution is 2.09. The quantitative estimate of drug-likeness (QED) is 0.166. The van der Waals surface area contributed by atoms with Gasteiger partial charge in [-0.05, 0) is 6.92 Å². The van der Waals surface area contributed by atoms with Crippen LogP contribution < -0.4 is 4.72 Å². The number of ether oxygens (including phenoxy) is 2. The van der Waals surface area contributed by atoms with E-state index in [1.54, 1.807) is 6.92 Å². The van der Waals surface area contributed by atoms with E-state index in [9.17, 15) is 18.0 Å². The van der Waals surface area contributed by atoms with Crippen LogP contribution in [0.2, 0.25) is 0 Å². The van der Waals surface area contributed by atoms with Gasteiger partial charge in [0.05, 0.1) is 40.0 Å². The van der Waals surface area contributed by atoms with Crippen molar-refractivity contribution in [2.45, 2.75) is 6.92 Å². The maximum atomic E-state index is 11.7. The zero-order chi connectivity index (χ0) is 18.6. The number of carbonyl (C=O) groups is 2. The van der Waals surface area contributed by atoms with E-state index in [0.717, 1.165) is 29.3 Å². The molecule has 0 rings (SSSR count). The van der Waals surface area contributed by atoms with Crippen LogP contribution in [0.1, 0.15) is 6.92 Å². The molecule has 24 heavy (non-hydrogen) atoms. The van der Waals surface area contributed by atoms with Crippen LogP contribution in [0.3, 0.4) is 0 Å². The van der Waals surface area contributed by atoms with Crippen LogP contribution in [0.25, 0.3) is 0 Å². The molecule has 0 saturated heterocycles. The molecule has 0 radical (unpaired) electrons. The Morgan fingerprint density at radius 3 is 2.25 bits per heavy atom. The predicted octanol–water partition coefficient (Wildman–Crippen LogP) is -0.0895. The van der Waals surface area contributed by atoms with E-state index < -0.39 is 22.0 Å². The van der Waals surface area contributed by atoms with Crippen LogP contribution in [0.5, 0.6) is 0 Å². The van der Waals surface area contributed by atoms with Gasteiger partial charge >= 0.3 is 11.9 Å². The molecule has 0 saturated carbocycles. The van der Waals surface area contributed by atoms with Gasteiger partial charge in [0.15, 0.2) is 0 Å². The maximum absolute atomic E-state index is 11.7. The van der Waals surface area contributed by atoms with Gasteiger partial charge in [-0.25, -0.2) is 22.7 Å². The average molecular weight is 383 g/mol. The maximum Gasteiger partial charge on any atom is 0.331 e. The molecule has 0 aromatic rings. The number of nitrogens with one attached hydrogen (secondary N) is 1. The fourth-order valence-corrected chi connectivity index (χ4v) is 4.10. The minimum absolute atomic E-state index is 0.206. The third-order valence-corrected chi connectivity index (χ3v) is 5.16. The molecule has 1 unspecified atom stereocenters. The Kier molecular flexibility index (Phi) is 11.0. The molecular formula is C14H28N2O6PS+. The standard InChI is InChI=1S/C14H28N2O6PS/c1-5-21-13(17)6-7-14(18)22-9-11-24(19,20)15-12-23-10-8-16(2,3)4/h6-7,15,23H,5,8-12H2,1-4H3/q+1/b7-6+. The molecule has 0 fully saturated rings. The molecule has 0 aliphatic rings. The lowest BCUT2D eigenvalue weighted by molar-refractivity contribution is -0.867. The fourth-order valence-electron chi connectivity index (χ4n) is 1.36. The number of hydrogen-bond donors (Lipinski definition) is 1. The summed E-state index contributed by atoms with van der Waals surface area (Å²) in [6, 6.07) is 0. The molecule has 0 heterocycles. The van der Waals surface area contributed by atoms with E-state index in [2.05, 4.69) is 30.6 Å². The minimum Gasteiger partial charge on any atom is -0.463 e. The Morgan fingerprint density at radius 1 is 1.12 bits per heavy atom. The molecule has 140 valence electrons. The smallest absolute Gasteiger partial charge is 0.331 e. The Labute approximate surface area is 146 Å². The normalized spacial score (nSPS) is 12.8. The van der Waals surface area contributed by atoms with Crippen LogP contribution in [0, 0.1) is 0 Å². The molecule has 0 aliphatic heterocycles. The van der Waals surface area contributed by atoms with E-state index in [0.29, 0.717) is 14.9 Å². The molecule has 10 heteroatoms. The molecule has 0 aliphatic carbocycles. The first kappa shape index (κ1) is 23.0. The van der Waals surface area contributed by atoms with Crippen molar-refractivity contribution < 1.29 is 32.0 Å². The fraction of sp³-hybridized carbons (Fsp3) is 0.714. The van der Waals surface area contributed by atoms with Gasteiger partial charge in [0.25, 0.3) is 0 Å². The van der Waals surface area contributed by atoms with Gasteiger partial charge in [0.2, 0.25) is 10.0 Å². The second-order valence-electron chi connectivity index (χ2n) is 5.91. The highest BCUT2D eigenvalue weighted by atomic mass is 32.2. The van der Waals surface area contributed by atoms with Gasteiger partial charge in [-0.1, -0.05) is 0 Å². The topological polar surface area (TPSA) is 98.8 Å². The number of nitrogens with zero attached hydrogens (tertiary/aromatic N) is 1. The van der Waals surface area contributed by atoms with Crippen molar-refractivity contribution in [2.24, 2.45) is 0 Å². The van der Waals surface area contributed by atoms with Gasteiger partial charge in [0, 0.05) is 24.6 Å². The summed E-state index contributed by atoms with van der Waals surface area (Å²) in [5.41, 5.74) is 0. The van der Waals surface area contributed by atoms with Crippen LogP contribution >= 0.6 is 8.58 Å². The molecule has 0 bridgehead atoms. The summed E-state index contributed by atoms with van der Waals surface area (Å²) in [7, 11) is 3.27. The molecule has 1 N–H and O–H groups in total. The average Bonchev–Trinajstić information content (AvgIpc) is 2.43. The predicted molar refractivity (Wildman–Crippen MR) is 94.6 cm³/mol. The third-order valence-electron chi connectivity index (χ3n) is 2.61. The van der Waals surface area contributed by atoms with E-state index in [4.69, 9.17) is 4.74 Å². The van der Waals surface area contributed by atoms with Crippen molar-refractivity contribution in [1.29, 1.82) is 0 Å². The number of rotatable bonds is 12. The third kappa shape index (κ3) is 14.6. The number of carbonyl (C=O) groups excluding carboxylic acids is 2. The second kappa shape index (κ2) is 11.5. The lowest BCUT2D eigenvalue weighted by atomic mass is 10.5. The van der Waals surface area contributed by atoms with Gasteiger partial charge in [-0.15, -0.1) is 8.58 Å². The first-order valence-corrected chi connectivity index (χ1v) is 10.6. The number of esters is 2. The van der Waals surface area contributed by atoms with Gasteiger partial charge in [0.1, 0.15) is 6.61 Å². The summed E-state index contributed by atoms with van der Waals surface area (Å²) in [6.45, 7) is 2.55. The van der Waals surface area contributed by atoms with Crippen molar-refractivity contribution in [3.63, 3.8) is 0 Å². The first-order chi connectivity index (χ1) is 11.1. The zero-order valence-corrected chi connectivity index (χ0v) is 16.5. The summed E-state index contributed by atoms with van der Waals surface area (Å²) in [4.78, 5) is 22.3. The second-order valence-corrected chi connectivity index (χ2v) is 9.19. The minimum atomic E-state index is -3.47. The molecule has 8 nitrogen and oxygen atoms in total. The highest BCUT2D eigenvalue weighted by Gasteiger charge is 2.11. The first-order valence-electron chi connectivity index (χ1n) is 7.56. The SMILES string of the molecule is CCOC(=O)/C=C/C(=O)OCCS(=O)(=O)NCPCC[N+](C)(C)C. The van der Waals surface area contributed by atoms with Crippen molar-refractivity contribution in [1.82, 2.24) is 4.72 Å². The highest BCUT2D eigenvalue weighted by molar-refractivity contribution is 7.89. The molecule has 0 amide bonds. The molecule has 1 atom stereocenters. The Morgan fingerprint density at radius 2 is 1.71 bits per heavy atom. The Bertz CT molecular complexity index is 528. The van der Waals surface area contributed by atoms with Gasteiger partial charge in [-0.2, -0.15) is 0 Å². The van der Waals surface area contributed by atoms with Crippen molar-refractivity contribution in [3.05, 3.63) is 12.2 Å². The van der Waals surface area contributed by atoms with Crippen molar-refractivity contribution in [2.75, 3.05) is 59.1 Å². The van der Waals surface area contributed by atoms with E-state index in [1.165, 1.54) is 0 Å². The summed E-state index contributed by atoms with van der Waals surface area (Å²) >= 11 is 0. The Balaban J connectivity index is 3.92. The van der Waals surface area contributed by atoms with Crippen LogP contribution in [-0.4, -0.2) is 83.9 Å². The lowest BCUT2D eigenvalue weighted by Crippen LogP contribution is -2.36. The van der Waals surface area contributed by atoms with E-state index >= 15 is 0 Å². The summed E-state index contributed by atoms with van der Waals surface area (Å²) in [5, 5.41) is 0. The molecule has 0 aromatic carbocycles. The number of quaternary nitrogens is 1. The molecule has 0 spiro atoms. The molecule has 0 aromatic heterocycles. The summed E-state index contributed by atoms with van der Waals surface area (Å²) < 4.78 is 36.1. The van der Waals surface area contributed by atoms with Gasteiger partial charge in [-0.3, -0.25) is 0 Å². The largest absolute Gasteiger partial charge is 0.463 e. The lowest BCUT2D eigenvalue weighted by Gasteiger charge is -2.23. The van der Waals surface area contributed by atoms with E-state index in [-0.39, 0.29) is 19.0 Å². The summed E-state index contributed by atoms with van der Waals surface area (Å²) in [5.74, 6) is -1.76. The monoisotopic (exact) mass is 383 g/mol. The van der Waals surface area contributed by atoms with Crippen LogP contribution in [0.15, 0.2) is 12.2 Å².